The Morgan fingerprint density at radius 3 is 2.44 bits per heavy atom. The first-order valence-corrected chi connectivity index (χ1v) is 10.7. The lowest BCUT2D eigenvalue weighted by Gasteiger charge is -2.35. The van der Waals surface area contributed by atoms with Crippen molar-refractivity contribution in [2.45, 2.75) is 13.0 Å². The molecule has 0 aliphatic carbocycles. The van der Waals surface area contributed by atoms with Gasteiger partial charge in [0, 0.05) is 16.3 Å². The van der Waals surface area contributed by atoms with E-state index in [2.05, 4.69) is 15.5 Å². The molecule has 1 aromatic heterocycles. The molecule has 0 radical (unpaired) electrons. The number of carbonyl (C=O) groups is 1. The zero-order valence-corrected chi connectivity index (χ0v) is 18.6. The van der Waals surface area contributed by atoms with Gasteiger partial charge in [0.2, 0.25) is 5.82 Å². The van der Waals surface area contributed by atoms with Gasteiger partial charge >= 0.3 is 6.03 Å². The van der Waals surface area contributed by atoms with Crippen molar-refractivity contribution in [3.63, 3.8) is 0 Å². The zero-order chi connectivity index (χ0) is 23.8. The van der Waals surface area contributed by atoms with Gasteiger partial charge in [-0.2, -0.15) is 4.98 Å². The van der Waals surface area contributed by atoms with E-state index in [4.69, 9.17) is 16.1 Å². The van der Waals surface area contributed by atoms with Crippen molar-refractivity contribution in [3.05, 3.63) is 107 Å². The molecule has 0 saturated carbocycles. The smallest absolute Gasteiger partial charge is 0.326 e. The summed E-state index contributed by atoms with van der Waals surface area (Å²) in [6.45, 7) is 1.74. The lowest BCUT2D eigenvalue weighted by Crippen LogP contribution is -2.46. The second kappa shape index (κ2) is 8.72. The van der Waals surface area contributed by atoms with E-state index < -0.39 is 23.7 Å². The van der Waals surface area contributed by atoms with E-state index in [1.165, 1.54) is 41.3 Å². The summed E-state index contributed by atoms with van der Waals surface area (Å²) in [6.07, 6.45) is 0. The standard InChI is InChI=1S/C25H17ClF2N4O2/c1-14-21(24-30-23(31-34-24)16-3-2-4-19(28)13-16)22(15-5-7-17(26)8-6-15)29-25(33)32(14)20-11-9-18(27)10-12-20/h2-13,22H,1H3,(H,29,33). The minimum absolute atomic E-state index is 0.156. The zero-order valence-electron chi connectivity index (χ0n) is 17.8. The molecule has 2 amide bonds. The molecule has 1 unspecified atom stereocenters. The number of urea groups is 1. The van der Waals surface area contributed by atoms with Crippen LogP contribution in [0.5, 0.6) is 0 Å². The van der Waals surface area contributed by atoms with Crippen LogP contribution in [0.2, 0.25) is 5.02 Å². The summed E-state index contributed by atoms with van der Waals surface area (Å²) in [5, 5.41) is 7.52. The maximum absolute atomic E-state index is 13.7. The monoisotopic (exact) mass is 478 g/mol. The van der Waals surface area contributed by atoms with Crippen LogP contribution in [-0.4, -0.2) is 16.2 Å². The summed E-state index contributed by atoms with van der Waals surface area (Å²) in [4.78, 5) is 19.0. The molecule has 0 fully saturated rings. The molecule has 2 heterocycles. The molecule has 5 rings (SSSR count). The molecule has 9 heteroatoms. The van der Waals surface area contributed by atoms with Crippen LogP contribution in [0.15, 0.2) is 83.0 Å². The van der Waals surface area contributed by atoms with Gasteiger partial charge in [-0.1, -0.05) is 41.0 Å². The number of carbonyl (C=O) groups excluding carboxylic acids is 1. The van der Waals surface area contributed by atoms with Gasteiger partial charge in [0.15, 0.2) is 0 Å². The highest BCUT2D eigenvalue weighted by Crippen LogP contribution is 2.39. The molecular formula is C25H17ClF2N4O2. The van der Waals surface area contributed by atoms with E-state index in [0.717, 1.165) is 5.56 Å². The highest BCUT2D eigenvalue weighted by Gasteiger charge is 2.36. The predicted octanol–water partition coefficient (Wildman–Crippen LogP) is 6.37. The van der Waals surface area contributed by atoms with Gasteiger partial charge in [0.05, 0.1) is 17.3 Å². The highest BCUT2D eigenvalue weighted by atomic mass is 35.5. The van der Waals surface area contributed by atoms with Crippen LogP contribution in [0, 0.1) is 11.6 Å². The second-order valence-electron chi connectivity index (χ2n) is 7.68. The second-order valence-corrected chi connectivity index (χ2v) is 8.11. The lowest BCUT2D eigenvalue weighted by molar-refractivity contribution is 0.244. The Labute approximate surface area is 198 Å². The number of rotatable bonds is 4. The maximum Gasteiger partial charge on any atom is 0.326 e. The molecule has 0 spiro atoms. The summed E-state index contributed by atoms with van der Waals surface area (Å²) >= 11 is 6.05. The fourth-order valence-electron chi connectivity index (χ4n) is 3.90. The molecule has 0 bridgehead atoms. The van der Waals surface area contributed by atoms with E-state index in [1.807, 2.05) is 0 Å². The van der Waals surface area contributed by atoms with Gasteiger partial charge in [-0.3, -0.25) is 4.90 Å². The van der Waals surface area contributed by atoms with Crippen LogP contribution in [0.25, 0.3) is 17.0 Å². The number of allylic oxidation sites excluding steroid dienone is 1. The van der Waals surface area contributed by atoms with Crippen molar-refractivity contribution in [1.82, 2.24) is 15.5 Å². The van der Waals surface area contributed by atoms with Crippen LogP contribution in [-0.2, 0) is 0 Å². The number of anilines is 1. The normalized spacial score (nSPS) is 16.1. The van der Waals surface area contributed by atoms with Crippen molar-refractivity contribution < 1.29 is 18.1 Å². The molecule has 4 aromatic rings. The molecule has 3 aromatic carbocycles. The van der Waals surface area contributed by atoms with Gasteiger partial charge in [0.25, 0.3) is 5.89 Å². The highest BCUT2D eigenvalue weighted by molar-refractivity contribution is 6.30. The molecule has 1 atom stereocenters. The van der Waals surface area contributed by atoms with Crippen molar-refractivity contribution in [2.75, 3.05) is 4.90 Å². The van der Waals surface area contributed by atoms with Gasteiger partial charge < -0.3 is 9.84 Å². The van der Waals surface area contributed by atoms with Crippen LogP contribution in [0.1, 0.15) is 24.4 Å². The minimum Gasteiger partial charge on any atom is -0.334 e. The topological polar surface area (TPSA) is 71.3 Å². The van der Waals surface area contributed by atoms with E-state index in [-0.39, 0.29) is 11.7 Å². The van der Waals surface area contributed by atoms with Crippen molar-refractivity contribution in [2.24, 2.45) is 0 Å². The number of nitrogens with zero attached hydrogens (tertiary/aromatic N) is 3. The average molecular weight is 479 g/mol. The van der Waals surface area contributed by atoms with Gasteiger partial charge in [0.1, 0.15) is 11.6 Å². The predicted molar refractivity (Wildman–Crippen MR) is 124 cm³/mol. The largest absolute Gasteiger partial charge is 0.334 e. The Hall–Kier alpha value is -4.04. The van der Waals surface area contributed by atoms with Crippen LogP contribution < -0.4 is 10.2 Å². The summed E-state index contributed by atoms with van der Waals surface area (Å²) in [5.41, 5.74) is 2.72. The van der Waals surface area contributed by atoms with E-state index in [1.54, 1.807) is 43.3 Å². The minimum atomic E-state index is -0.623. The van der Waals surface area contributed by atoms with E-state index >= 15 is 0 Å². The van der Waals surface area contributed by atoms with Crippen molar-refractivity contribution in [1.29, 1.82) is 0 Å². The molecule has 1 aliphatic heterocycles. The summed E-state index contributed by atoms with van der Waals surface area (Å²) in [6, 6.07) is 17.4. The molecule has 1 aliphatic rings. The molecule has 6 nitrogen and oxygen atoms in total. The Morgan fingerprint density at radius 2 is 1.74 bits per heavy atom. The number of amides is 2. The fourth-order valence-corrected chi connectivity index (χ4v) is 4.03. The third kappa shape index (κ3) is 4.04. The number of aromatic nitrogens is 2. The Kier molecular flexibility index (Phi) is 5.59. The van der Waals surface area contributed by atoms with Gasteiger partial charge in [-0.05, 0) is 61.0 Å². The number of hydrogen-bond donors (Lipinski definition) is 1. The maximum atomic E-state index is 13.7. The first-order valence-electron chi connectivity index (χ1n) is 10.3. The van der Waals surface area contributed by atoms with Crippen LogP contribution in [0.4, 0.5) is 19.3 Å². The van der Waals surface area contributed by atoms with Crippen molar-refractivity contribution >= 4 is 28.9 Å². The number of benzene rings is 3. The van der Waals surface area contributed by atoms with Crippen LogP contribution >= 0.6 is 11.6 Å². The molecule has 1 N–H and O–H groups in total. The number of hydrogen-bond acceptors (Lipinski definition) is 4. The third-order valence-corrected chi connectivity index (χ3v) is 5.76. The van der Waals surface area contributed by atoms with Crippen LogP contribution in [0.3, 0.4) is 0 Å². The SMILES string of the molecule is CC1=C(c2nc(-c3cccc(F)c3)no2)C(c2ccc(Cl)cc2)NC(=O)N1c1ccc(F)cc1. The Morgan fingerprint density at radius 1 is 1.00 bits per heavy atom. The van der Waals surface area contributed by atoms with Crippen molar-refractivity contribution in [3.8, 4) is 11.4 Å². The summed E-state index contributed by atoms with van der Waals surface area (Å²) in [7, 11) is 0. The first-order chi connectivity index (χ1) is 16.4. The number of halogens is 3. The van der Waals surface area contributed by atoms with Gasteiger partial charge in [-0.25, -0.2) is 13.6 Å². The Balaban J connectivity index is 1.65. The van der Waals surface area contributed by atoms with E-state index in [9.17, 15) is 13.6 Å². The number of nitrogens with one attached hydrogen (secondary N) is 1. The quantitative estimate of drug-likeness (QED) is 0.370. The summed E-state index contributed by atoms with van der Waals surface area (Å²) < 4.78 is 32.8. The molecular weight excluding hydrogens is 462 g/mol. The molecule has 0 saturated heterocycles. The summed E-state index contributed by atoms with van der Waals surface area (Å²) in [5.74, 6) is -0.483. The average Bonchev–Trinajstić information content (AvgIpc) is 3.30. The molecule has 34 heavy (non-hydrogen) atoms. The third-order valence-electron chi connectivity index (χ3n) is 5.51. The Bertz CT molecular complexity index is 1400. The fraction of sp³-hybridized carbons (Fsp3) is 0.0800. The lowest BCUT2D eigenvalue weighted by atomic mass is 9.94. The van der Waals surface area contributed by atoms with E-state index in [0.29, 0.717) is 27.5 Å². The molecule has 170 valence electrons. The first kappa shape index (κ1) is 21.8. The van der Waals surface area contributed by atoms with Gasteiger partial charge in [-0.15, -0.1) is 0 Å².